The van der Waals surface area contributed by atoms with E-state index in [-0.39, 0.29) is 11.1 Å². The lowest BCUT2D eigenvalue weighted by Gasteiger charge is -2.38. The Morgan fingerprint density at radius 3 is 1.62 bits per heavy atom. The number of carbonyl (C=O) groups is 3. The van der Waals surface area contributed by atoms with Crippen LogP contribution in [0.2, 0.25) is 0 Å². The molecule has 0 aliphatic rings. The Morgan fingerprint density at radius 1 is 0.897 bits per heavy atom. The maximum Gasteiger partial charge on any atom is 0.334 e. The van der Waals surface area contributed by atoms with Crippen molar-refractivity contribution in [2.24, 2.45) is 16.7 Å². The maximum atomic E-state index is 12.9. The molecular weight excluding hydrogens is 372 g/mol. The minimum Gasteiger partial charge on any atom is -0.478 e. The van der Waals surface area contributed by atoms with Crippen LogP contribution in [-0.4, -0.2) is 33.7 Å². The first kappa shape index (κ1) is 26.6. The molecule has 0 aromatic carbocycles. The van der Waals surface area contributed by atoms with Crippen LogP contribution < -0.4 is 0 Å². The van der Waals surface area contributed by atoms with Crippen molar-refractivity contribution in [3.8, 4) is 0 Å². The summed E-state index contributed by atoms with van der Waals surface area (Å²) in [5, 5.41) is 19.2. The summed E-state index contributed by atoms with van der Waals surface area (Å²) >= 11 is 0. The van der Waals surface area contributed by atoms with Crippen LogP contribution in [0, 0.1) is 16.7 Å². The van der Waals surface area contributed by atoms with Crippen molar-refractivity contribution in [3.63, 3.8) is 0 Å². The molecule has 0 rings (SSSR count). The highest BCUT2D eigenvalue weighted by molar-refractivity contribution is 5.93. The summed E-state index contributed by atoms with van der Waals surface area (Å²) in [6.07, 6.45) is 1.04. The number of rotatable bonds is 6. The molecule has 0 spiro atoms. The third-order valence-electron chi connectivity index (χ3n) is 4.29. The van der Waals surface area contributed by atoms with Gasteiger partial charge in [0, 0.05) is 23.1 Å². The highest BCUT2D eigenvalue weighted by Gasteiger charge is 2.40. The Kier molecular flexibility index (Phi) is 8.24. The van der Waals surface area contributed by atoms with Crippen LogP contribution in [0.25, 0.3) is 0 Å². The van der Waals surface area contributed by atoms with Gasteiger partial charge >= 0.3 is 17.9 Å². The van der Waals surface area contributed by atoms with E-state index in [0.717, 1.165) is 6.08 Å². The van der Waals surface area contributed by atoms with Crippen molar-refractivity contribution in [2.45, 2.75) is 74.8 Å². The van der Waals surface area contributed by atoms with Crippen molar-refractivity contribution in [3.05, 3.63) is 34.9 Å². The molecule has 0 bridgehead atoms. The summed E-state index contributed by atoms with van der Waals surface area (Å²) in [7, 11) is 0. The molecule has 0 aliphatic carbocycles. The fourth-order valence-electron chi connectivity index (χ4n) is 3.17. The van der Waals surface area contributed by atoms with E-state index in [1.807, 2.05) is 41.5 Å². The molecule has 0 saturated carbocycles. The van der Waals surface area contributed by atoms with E-state index in [2.05, 4.69) is 6.58 Å². The average Bonchev–Trinajstić information content (AvgIpc) is 2.44. The van der Waals surface area contributed by atoms with Gasteiger partial charge in [0.2, 0.25) is 0 Å². The van der Waals surface area contributed by atoms with Crippen LogP contribution in [0.15, 0.2) is 34.9 Å². The first-order valence-corrected chi connectivity index (χ1v) is 9.51. The molecule has 0 aliphatic heterocycles. The molecule has 0 saturated heterocycles. The Hall–Kier alpha value is -2.37. The van der Waals surface area contributed by atoms with E-state index >= 15 is 0 Å². The molecule has 0 radical (unpaired) electrons. The van der Waals surface area contributed by atoms with Crippen molar-refractivity contribution < 1.29 is 29.3 Å². The lowest BCUT2D eigenvalue weighted by molar-refractivity contribution is -0.150. The summed E-state index contributed by atoms with van der Waals surface area (Å²) in [5.74, 6) is -3.95. The van der Waals surface area contributed by atoms with E-state index in [1.165, 1.54) is 6.92 Å². The number of hydrogen-bond donors (Lipinski definition) is 2. The molecule has 29 heavy (non-hydrogen) atoms. The van der Waals surface area contributed by atoms with Crippen LogP contribution in [-0.2, 0) is 19.1 Å². The second kappa shape index (κ2) is 8.97. The minimum atomic E-state index is -1.18. The van der Waals surface area contributed by atoms with Gasteiger partial charge in [-0.2, -0.15) is 0 Å². The SMILES string of the molecule is C=C(C(=O)OC(C)(C)C)C(C(=CC(=O)O)C(C)(C)C)C(=C(C)C(=O)O)C(C)(C)C. The van der Waals surface area contributed by atoms with E-state index in [1.54, 1.807) is 20.8 Å². The highest BCUT2D eigenvalue weighted by Crippen LogP contribution is 2.46. The molecule has 0 aromatic rings. The second-order valence-corrected chi connectivity index (χ2v) is 10.2. The van der Waals surface area contributed by atoms with Gasteiger partial charge in [-0.25, -0.2) is 14.4 Å². The van der Waals surface area contributed by atoms with E-state index < -0.39 is 40.3 Å². The van der Waals surface area contributed by atoms with Gasteiger partial charge < -0.3 is 14.9 Å². The van der Waals surface area contributed by atoms with Crippen molar-refractivity contribution in [1.29, 1.82) is 0 Å². The smallest absolute Gasteiger partial charge is 0.334 e. The van der Waals surface area contributed by atoms with Gasteiger partial charge in [0.15, 0.2) is 0 Å². The zero-order valence-electron chi connectivity index (χ0n) is 19.4. The van der Waals surface area contributed by atoms with Crippen molar-refractivity contribution in [2.75, 3.05) is 0 Å². The van der Waals surface area contributed by atoms with E-state index in [4.69, 9.17) is 4.74 Å². The zero-order valence-corrected chi connectivity index (χ0v) is 19.4. The van der Waals surface area contributed by atoms with Gasteiger partial charge in [-0.1, -0.05) is 48.1 Å². The van der Waals surface area contributed by atoms with Gasteiger partial charge in [0.25, 0.3) is 0 Å². The van der Waals surface area contributed by atoms with Gasteiger partial charge in [0.1, 0.15) is 5.60 Å². The topological polar surface area (TPSA) is 101 Å². The van der Waals surface area contributed by atoms with Gasteiger partial charge in [-0.15, -0.1) is 0 Å². The molecule has 1 atom stereocenters. The number of carboxylic acid groups (broad SMARTS) is 2. The number of carboxylic acids is 2. The van der Waals surface area contributed by atoms with Crippen LogP contribution in [0.1, 0.15) is 69.2 Å². The molecule has 0 aromatic heterocycles. The fourth-order valence-corrected chi connectivity index (χ4v) is 3.17. The van der Waals surface area contributed by atoms with Gasteiger partial charge in [0.05, 0.1) is 0 Å². The molecule has 2 N–H and O–H groups in total. The third kappa shape index (κ3) is 7.87. The van der Waals surface area contributed by atoms with Crippen molar-refractivity contribution >= 4 is 17.9 Å². The van der Waals surface area contributed by atoms with Gasteiger partial charge in [-0.3, -0.25) is 0 Å². The number of hydrogen-bond acceptors (Lipinski definition) is 4. The van der Waals surface area contributed by atoms with E-state index in [9.17, 15) is 24.6 Å². The second-order valence-electron chi connectivity index (χ2n) is 10.2. The number of esters is 1. The molecule has 0 heterocycles. The standard InChI is InChI=1S/C23H36O6/c1-13(20(28)29-23(9,10)11)17(15(12-16(24)25)21(3,4)5)18(22(6,7)8)14(2)19(26)27/h12,17H,1H2,2-11H3,(H,24,25)(H,26,27). The van der Waals surface area contributed by atoms with E-state index in [0.29, 0.717) is 11.1 Å². The summed E-state index contributed by atoms with van der Waals surface area (Å²) in [6, 6.07) is 0. The highest BCUT2D eigenvalue weighted by atomic mass is 16.6. The van der Waals surface area contributed by atoms with Crippen molar-refractivity contribution in [1.82, 2.24) is 0 Å². The molecule has 6 heteroatoms. The molecule has 164 valence electrons. The number of allylic oxidation sites excluding steroid dienone is 2. The Balaban J connectivity index is 7.13. The third-order valence-corrected chi connectivity index (χ3v) is 4.29. The summed E-state index contributed by atoms with van der Waals surface area (Å²) in [4.78, 5) is 36.3. The Bertz CT molecular complexity index is 746. The number of ether oxygens (including phenoxy) is 1. The summed E-state index contributed by atoms with van der Waals surface area (Å²) in [5.41, 5.74) is -1.28. The average molecular weight is 409 g/mol. The zero-order chi connectivity index (χ0) is 23.5. The molecule has 0 fully saturated rings. The summed E-state index contributed by atoms with van der Waals surface area (Å²) < 4.78 is 5.47. The monoisotopic (exact) mass is 408 g/mol. The quantitative estimate of drug-likeness (QED) is 0.473. The normalized spacial score (nSPS) is 15.3. The molecular formula is C23H36O6. The van der Waals surface area contributed by atoms with Crippen LogP contribution in [0.5, 0.6) is 0 Å². The van der Waals surface area contributed by atoms with Crippen LogP contribution in [0.4, 0.5) is 0 Å². The lowest BCUT2D eigenvalue weighted by Crippen LogP contribution is -2.34. The molecule has 1 unspecified atom stereocenters. The number of carbonyl (C=O) groups excluding carboxylic acids is 1. The maximum absolute atomic E-state index is 12.9. The Morgan fingerprint density at radius 2 is 1.34 bits per heavy atom. The van der Waals surface area contributed by atoms with Crippen LogP contribution in [0.3, 0.4) is 0 Å². The first-order chi connectivity index (χ1) is 12.7. The minimum absolute atomic E-state index is 0.00729. The largest absolute Gasteiger partial charge is 0.478 e. The fraction of sp³-hybridized carbons (Fsp3) is 0.609. The number of aliphatic carboxylic acids is 2. The Labute approximate surface area is 174 Å². The summed E-state index contributed by atoms with van der Waals surface area (Å²) in [6.45, 7) is 21.4. The lowest BCUT2D eigenvalue weighted by atomic mass is 9.65. The molecule has 6 nitrogen and oxygen atoms in total. The predicted molar refractivity (Wildman–Crippen MR) is 113 cm³/mol. The predicted octanol–water partition coefficient (Wildman–Crippen LogP) is 5.00. The van der Waals surface area contributed by atoms with Crippen LogP contribution >= 0.6 is 0 Å². The molecule has 0 amide bonds. The first-order valence-electron chi connectivity index (χ1n) is 9.51. The van der Waals surface area contributed by atoms with Gasteiger partial charge in [-0.05, 0) is 49.7 Å².